The van der Waals surface area contributed by atoms with Gasteiger partial charge in [0.25, 0.3) is 5.91 Å². The van der Waals surface area contributed by atoms with Crippen molar-refractivity contribution in [3.63, 3.8) is 0 Å². The lowest BCUT2D eigenvalue weighted by atomic mass is 10.0. The van der Waals surface area contributed by atoms with Crippen molar-refractivity contribution in [2.24, 2.45) is 5.11 Å². The second kappa shape index (κ2) is 14.9. The highest BCUT2D eigenvalue weighted by atomic mass is 35.5. The maximum absolute atomic E-state index is 13.2. The Kier molecular flexibility index (Phi) is 11.4. The Balaban J connectivity index is 1.90. The van der Waals surface area contributed by atoms with Crippen LogP contribution in [0.25, 0.3) is 16.5 Å². The molecular formula is C26H32ClN5O6. The van der Waals surface area contributed by atoms with Crippen LogP contribution in [0.1, 0.15) is 60.9 Å². The molecule has 38 heavy (non-hydrogen) atoms. The first-order valence-corrected chi connectivity index (χ1v) is 12.9. The van der Waals surface area contributed by atoms with Crippen molar-refractivity contribution in [3.05, 3.63) is 62.7 Å². The fourth-order valence-corrected chi connectivity index (χ4v) is 4.34. The van der Waals surface area contributed by atoms with Crippen LogP contribution >= 0.6 is 11.6 Å². The Morgan fingerprint density at radius 2 is 1.97 bits per heavy atom. The highest BCUT2D eigenvalue weighted by Crippen LogP contribution is 2.38. The Hall–Kier alpha value is -3.66. The number of fused-ring (bicyclic) bond motifs is 1. The van der Waals surface area contributed by atoms with E-state index in [0.29, 0.717) is 38.0 Å². The van der Waals surface area contributed by atoms with Gasteiger partial charge in [-0.1, -0.05) is 34.9 Å². The van der Waals surface area contributed by atoms with E-state index in [1.165, 1.54) is 6.08 Å². The van der Waals surface area contributed by atoms with E-state index in [9.17, 15) is 19.8 Å². The number of phenols is 2. The molecule has 0 bridgehead atoms. The summed E-state index contributed by atoms with van der Waals surface area (Å²) in [6.07, 6.45) is 13.3. The normalized spacial score (nSPS) is 20.7. The van der Waals surface area contributed by atoms with Crippen molar-refractivity contribution >= 4 is 29.6 Å². The number of amides is 1. The number of rotatable bonds is 7. The molecule has 1 aromatic carbocycles. The van der Waals surface area contributed by atoms with Gasteiger partial charge in [-0.3, -0.25) is 15.1 Å². The number of cyclic esters (lactones) is 1. The smallest absolute Gasteiger partial charge is 0.342 e. The van der Waals surface area contributed by atoms with Crippen LogP contribution in [0, 0.1) is 0 Å². The quantitative estimate of drug-likeness (QED) is 0.107. The van der Waals surface area contributed by atoms with Crippen LogP contribution < -0.4 is 5.48 Å². The Morgan fingerprint density at radius 3 is 2.74 bits per heavy atom. The number of hydrogen-bond donors (Lipinski definition) is 3. The standard InChI is InChI=1S/C26H32ClN5O6/c27-25-20-15-18(30-37-17-23(35)32-13-7-4-8-14-32)9-5-2-1-3-6-10-19(11-12-29-31-28)38-26(36)24(20)21(33)16-22(25)34/h3,5-6,9,15-16,19,30,33-34H,1-2,4,7-8,10-14,17H2/b6-3?,9-5+,18-15-. The van der Waals surface area contributed by atoms with E-state index in [1.54, 1.807) is 11.0 Å². The molecule has 1 atom stereocenters. The highest BCUT2D eigenvalue weighted by molar-refractivity contribution is 6.34. The zero-order valence-electron chi connectivity index (χ0n) is 21.0. The molecule has 0 saturated carbocycles. The van der Waals surface area contributed by atoms with Crippen molar-refractivity contribution in [1.29, 1.82) is 0 Å². The second-order valence-corrected chi connectivity index (χ2v) is 9.28. The molecule has 1 saturated heterocycles. The van der Waals surface area contributed by atoms with Crippen LogP contribution in [0.4, 0.5) is 0 Å². The maximum atomic E-state index is 13.2. The summed E-state index contributed by atoms with van der Waals surface area (Å²) in [6.45, 7) is 1.33. The van der Waals surface area contributed by atoms with Gasteiger partial charge in [-0.15, -0.1) is 0 Å². The fourth-order valence-electron chi connectivity index (χ4n) is 4.13. The summed E-state index contributed by atoms with van der Waals surface area (Å²) >= 11 is 6.36. The number of hydroxylamine groups is 1. The topological polar surface area (TPSA) is 157 Å². The van der Waals surface area contributed by atoms with E-state index < -0.39 is 23.6 Å². The number of esters is 1. The van der Waals surface area contributed by atoms with Crippen LogP contribution in [0.2, 0.25) is 5.02 Å². The lowest BCUT2D eigenvalue weighted by Gasteiger charge is -2.26. The molecule has 1 unspecified atom stereocenters. The number of hydrogen-bond acceptors (Lipinski definition) is 8. The number of carbonyl (C=O) groups excluding carboxylic acids is 2. The highest BCUT2D eigenvalue weighted by Gasteiger charge is 2.25. The van der Waals surface area contributed by atoms with Gasteiger partial charge in [-0.2, -0.15) is 0 Å². The molecule has 0 spiro atoms. The van der Waals surface area contributed by atoms with Gasteiger partial charge < -0.3 is 19.8 Å². The van der Waals surface area contributed by atoms with Crippen molar-refractivity contribution in [3.8, 4) is 11.5 Å². The number of halogens is 1. The third-order valence-corrected chi connectivity index (χ3v) is 6.51. The summed E-state index contributed by atoms with van der Waals surface area (Å²) in [7, 11) is 0. The average Bonchev–Trinajstić information content (AvgIpc) is 2.90. The minimum Gasteiger partial charge on any atom is -0.507 e. The first kappa shape index (κ1) is 28.9. The summed E-state index contributed by atoms with van der Waals surface area (Å²) in [4.78, 5) is 35.6. The zero-order valence-corrected chi connectivity index (χ0v) is 21.8. The van der Waals surface area contributed by atoms with Gasteiger partial charge in [0.2, 0.25) is 0 Å². The molecule has 2 heterocycles. The summed E-state index contributed by atoms with van der Waals surface area (Å²) < 4.78 is 5.64. The largest absolute Gasteiger partial charge is 0.507 e. The number of benzene rings is 1. The number of nitrogens with one attached hydrogen (secondary N) is 1. The number of piperidine rings is 1. The zero-order chi connectivity index (χ0) is 27.3. The number of nitrogens with zero attached hydrogens (tertiary/aromatic N) is 4. The van der Waals surface area contributed by atoms with Gasteiger partial charge >= 0.3 is 5.97 Å². The molecule has 0 aromatic heterocycles. The van der Waals surface area contributed by atoms with Crippen LogP contribution in [-0.2, 0) is 14.4 Å². The van der Waals surface area contributed by atoms with Crippen LogP contribution in [-0.4, -0.2) is 59.3 Å². The Bertz CT molecular complexity index is 1140. The molecule has 2 aliphatic rings. The molecule has 3 rings (SSSR count). The van der Waals surface area contributed by atoms with Gasteiger partial charge in [0.15, 0.2) is 6.61 Å². The molecule has 12 heteroatoms. The third-order valence-electron chi connectivity index (χ3n) is 6.11. The molecule has 2 aliphatic heterocycles. The minimum atomic E-state index is -0.864. The molecule has 204 valence electrons. The van der Waals surface area contributed by atoms with Gasteiger partial charge in [-0.05, 0) is 56.2 Å². The van der Waals surface area contributed by atoms with Crippen molar-refractivity contribution in [2.45, 2.75) is 51.0 Å². The fraction of sp³-hybridized carbons (Fsp3) is 0.462. The van der Waals surface area contributed by atoms with Crippen molar-refractivity contribution < 1.29 is 29.4 Å². The van der Waals surface area contributed by atoms with Gasteiger partial charge in [0, 0.05) is 42.6 Å². The van der Waals surface area contributed by atoms with Crippen molar-refractivity contribution in [2.75, 3.05) is 26.2 Å². The monoisotopic (exact) mass is 545 g/mol. The number of azide groups is 1. The van der Waals surface area contributed by atoms with Gasteiger partial charge in [0.05, 0.1) is 10.7 Å². The average molecular weight is 546 g/mol. The van der Waals surface area contributed by atoms with Crippen molar-refractivity contribution in [1.82, 2.24) is 10.4 Å². The number of phenolic OH excluding ortho intramolecular Hbond substituents is 2. The summed E-state index contributed by atoms with van der Waals surface area (Å²) in [6, 6.07) is 0.963. The van der Waals surface area contributed by atoms with Crippen LogP contribution in [0.15, 0.2) is 41.2 Å². The number of likely N-dealkylation sites (tertiary alicyclic amines) is 1. The number of carbonyl (C=O) groups is 2. The SMILES string of the molecule is [N-]=[N+]=NCCC1CC=CCC/C=C/C(NOCC(=O)N2CCCCC2)=C/c2c(Cl)c(O)cc(O)c2C(=O)O1. The number of allylic oxidation sites excluding steroid dienone is 3. The summed E-state index contributed by atoms with van der Waals surface area (Å²) in [5.74, 6) is -1.96. The van der Waals surface area contributed by atoms with Crippen LogP contribution in [0.5, 0.6) is 11.5 Å². The molecule has 1 fully saturated rings. The molecule has 0 aliphatic carbocycles. The van der Waals surface area contributed by atoms with E-state index in [4.69, 9.17) is 26.7 Å². The molecule has 3 N–H and O–H groups in total. The lowest BCUT2D eigenvalue weighted by Crippen LogP contribution is -2.39. The van der Waals surface area contributed by atoms with E-state index >= 15 is 0 Å². The van der Waals surface area contributed by atoms with Crippen LogP contribution in [0.3, 0.4) is 0 Å². The molecule has 0 radical (unpaired) electrons. The van der Waals surface area contributed by atoms with Gasteiger partial charge in [-0.25, -0.2) is 4.79 Å². The predicted octanol–water partition coefficient (Wildman–Crippen LogP) is 5.15. The lowest BCUT2D eigenvalue weighted by molar-refractivity contribution is -0.139. The summed E-state index contributed by atoms with van der Waals surface area (Å²) in [5, 5.41) is 24.1. The minimum absolute atomic E-state index is 0.00803. The second-order valence-electron chi connectivity index (χ2n) is 8.91. The third kappa shape index (κ3) is 8.44. The molecule has 1 amide bonds. The molecular weight excluding hydrogens is 514 g/mol. The summed E-state index contributed by atoms with van der Waals surface area (Å²) in [5.41, 5.74) is 11.4. The van der Waals surface area contributed by atoms with E-state index in [0.717, 1.165) is 25.3 Å². The number of ether oxygens (including phenoxy) is 1. The first-order chi connectivity index (χ1) is 18.4. The van der Waals surface area contributed by atoms with Gasteiger partial charge in [0.1, 0.15) is 23.2 Å². The molecule has 11 nitrogen and oxygen atoms in total. The first-order valence-electron chi connectivity index (χ1n) is 12.6. The maximum Gasteiger partial charge on any atom is 0.342 e. The molecule has 1 aromatic rings. The Labute approximate surface area is 225 Å². The Morgan fingerprint density at radius 1 is 1.21 bits per heavy atom. The van der Waals surface area contributed by atoms with E-state index in [-0.39, 0.29) is 41.6 Å². The number of aromatic hydroxyl groups is 2. The van der Waals surface area contributed by atoms with E-state index in [1.807, 2.05) is 18.2 Å². The predicted molar refractivity (Wildman–Crippen MR) is 142 cm³/mol. The van der Waals surface area contributed by atoms with E-state index in [2.05, 4.69) is 15.5 Å².